The molecule has 1 saturated carbocycles. The number of carbonyl (C=O) groups excluding carboxylic acids is 3. The zero-order valence-corrected chi connectivity index (χ0v) is 19.2. The molecule has 0 unspecified atom stereocenters. The van der Waals surface area contributed by atoms with E-state index in [2.05, 4.69) is 10.6 Å². The summed E-state index contributed by atoms with van der Waals surface area (Å²) in [5, 5.41) is 6.07. The average molecular weight is 428 g/mol. The minimum atomic E-state index is -0.534. The second-order valence-electron chi connectivity index (χ2n) is 9.19. The Morgan fingerprint density at radius 2 is 1.77 bits per heavy atom. The van der Waals surface area contributed by atoms with Crippen LogP contribution in [0.3, 0.4) is 0 Å². The Morgan fingerprint density at radius 3 is 2.45 bits per heavy atom. The van der Waals surface area contributed by atoms with Crippen LogP contribution in [0.25, 0.3) is 0 Å². The lowest BCUT2D eigenvalue weighted by Gasteiger charge is -2.35. The first-order valence-corrected chi connectivity index (χ1v) is 11.9. The lowest BCUT2D eigenvalue weighted by molar-refractivity contribution is -0.142. The fraction of sp³-hybridized carbons (Fsp3) is 0.640. The number of para-hydroxylation sites is 1. The van der Waals surface area contributed by atoms with E-state index in [1.165, 1.54) is 6.42 Å². The summed E-state index contributed by atoms with van der Waals surface area (Å²) in [6.45, 7) is 6.39. The highest BCUT2D eigenvalue weighted by Gasteiger charge is 2.41. The van der Waals surface area contributed by atoms with Crippen molar-refractivity contribution < 1.29 is 14.4 Å². The van der Waals surface area contributed by atoms with Crippen molar-refractivity contribution in [2.75, 3.05) is 11.9 Å². The zero-order chi connectivity index (χ0) is 22.4. The summed E-state index contributed by atoms with van der Waals surface area (Å²) in [5.74, 6) is -0.277. The van der Waals surface area contributed by atoms with Gasteiger partial charge in [0.2, 0.25) is 17.7 Å². The van der Waals surface area contributed by atoms with Crippen LogP contribution in [0.1, 0.15) is 70.8 Å². The van der Waals surface area contributed by atoms with E-state index in [1.807, 2.05) is 45.0 Å². The minimum Gasteiger partial charge on any atom is -0.344 e. The third kappa shape index (κ3) is 5.66. The van der Waals surface area contributed by atoms with E-state index in [0.29, 0.717) is 13.0 Å². The summed E-state index contributed by atoms with van der Waals surface area (Å²) < 4.78 is 0. The van der Waals surface area contributed by atoms with Gasteiger partial charge in [0.1, 0.15) is 12.1 Å². The second kappa shape index (κ2) is 10.8. The molecule has 3 atom stereocenters. The Labute approximate surface area is 186 Å². The van der Waals surface area contributed by atoms with E-state index >= 15 is 0 Å². The Hall–Kier alpha value is -2.37. The van der Waals surface area contributed by atoms with E-state index in [9.17, 15) is 14.4 Å². The van der Waals surface area contributed by atoms with Crippen LogP contribution in [-0.2, 0) is 14.4 Å². The molecular formula is C25H37N3O3. The Morgan fingerprint density at radius 1 is 1.06 bits per heavy atom. The van der Waals surface area contributed by atoms with Gasteiger partial charge in [0.15, 0.2) is 0 Å². The maximum absolute atomic E-state index is 13.7. The smallest absolute Gasteiger partial charge is 0.247 e. The molecule has 1 aromatic rings. The number of aryl methyl sites for hydroxylation is 1. The van der Waals surface area contributed by atoms with Crippen molar-refractivity contribution in [1.29, 1.82) is 0 Å². The van der Waals surface area contributed by atoms with Crippen molar-refractivity contribution in [2.45, 2.75) is 84.2 Å². The Bertz CT molecular complexity index is 788. The molecule has 1 heterocycles. The van der Waals surface area contributed by atoms with Crippen LogP contribution >= 0.6 is 0 Å². The number of benzene rings is 1. The number of nitrogens with zero attached hydrogens (tertiary/aromatic N) is 1. The average Bonchev–Trinajstić information content (AvgIpc) is 3.28. The van der Waals surface area contributed by atoms with E-state index in [-0.39, 0.29) is 29.6 Å². The molecule has 1 aromatic carbocycles. The van der Waals surface area contributed by atoms with Crippen molar-refractivity contribution in [3.05, 3.63) is 29.8 Å². The van der Waals surface area contributed by atoms with Crippen LogP contribution in [-0.4, -0.2) is 41.2 Å². The first-order chi connectivity index (χ1) is 14.9. The van der Waals surface area contributed by atoms with E-state index in [1.54, 1.807) is 4.90 Å². The molecular weight excluding hydrogens is 390 g/mol. The summed E-state index contributed by atoms with van der Waals surface area (Å²) in [4.78, 5) is 41.1. The molecule has 6 heteroatoms. The minimum absolute atomic E-state index is 0.0634. The molecule has 1 aliphatic carbocycles. The van der Waals surface area contributed by atoms with Gasteiger partial charge in [0.25, 0.3) is 0 Å². The van der Waals surface area contributed by atoms with Crippen LogP contribution in [0.4, 0.5) is 5.69 Å². The number of hydrogen-bond acceptors (Lipinski definition) is 3. The van der Waals surface area contributed by atoms with Gasteiger partial charge in [0.05, 0.1) is 0 Å². The highest BCUT2D eigenvalue weighted by atomic mass is 16.2. The number of likely N-dealkylation sites (tertiary alicyclic amines) is 1. The highest BCUT2D eigenvalue weighted by molar-refractivity contribution is 5.99. The van der Waals surface area contributed by atoms with Crippen LogP contribution in [0.15, 0.2) is 24.3 Å². The predicted octanol–water partition coefficient (Wildman–Crippen LogP) is 4.04. The maximum Gasteiger partial charge on any atom is 0.247 e. The van der Waals surface area contributed by atoms with Crippen LogP contribution < -0.4 is 10.6 Å². The van der Waals surface area contributed by atoms with Gasteiger partial charge in [-0.25, -0.2) is 0 Å². The summed E-state index contributed by atoms with van der Waals surface area (Å²) >= 11 is 0. The van der Waals surface area contributed by atoms with Crippen molar-refractivity contribution in [3.63, 3.8) is 0 Å². The van der Waals surface area contributed by atoms with Gasteiger partial charge in [-0.05, 0) is 56.6 Å². The maximum atomic E-state index is 13.7. The normalized spacial score (nSPS) is 21.4. The van der Waals surface area contributed by atoms with Gasteiger partial charge in [-0.15, -0.1) is 0 Å². The summed E-state index contributed by atoms with van der Waals surface area (Å²) in [7, 11) is 0. The fourth-order valence-electron chi connectivity index (χ4n) is 4.74. The predicted molar refractivity (Wildman–Crippen MR) is 123 cm³/mol. The van der Waals surface area contributed by atoms with Crippen molar-refractivity contribution in [3.8, 4) is 0 Å². The van der Waals surface area contributed by atoms with Crippen LogP contribution in [0, 0.1) is 18.8 Å². The summed E-state index contributed by atoms with van der Waals surface area (Å²) in [6.07, 6.45) is 7.45. The summed E-state index contributed by atoms with van der Waals surface area (Å²) in [6, 6.07) is 6.64. The molecule has 1 saturated heterocycles. The quantitative estimate of drug-likeness (QED) is 0.689. The number of nitrogens with one attached hydrogen (secondary N) is 2. The molecule has 2 aliphatic rings. The van der Waals surface area contributed by atoms with Crippen LogP contribution in [0.2, 0.25) is 0 Å². The molecule has 6 nitrogen and oxygen atoms in total. The molecule has 170 valence electrons. The molecule has 0 radical (unpaired) electrons. The third-order valence-electron chi connectivity index (χ3n) is 6.99. The number of anilines is 1. The molecule has 0 bridgehead atoms. The van der Waals surface area contributed by atoms with E-state index in [0.717, 1.165) is 49.8 Å². The van der Waals surface area contributed by atoms with Gasteiger partial charge in [0, 0.05) is 18.2 Å². The zero-order valence-electron chi connectivity index (χ0n) is 19.2. The van der Waals surface area contributed by atoms with Crippen molar-refractivity contribution in [2.24, 2.45) is 11.8 Å². The number of rotatable bonds is 7. The van der Waals surface area contributed by atoms with Gasteiger partial charge < -0.3 is 15.5 Å². The van der Waals surface area contributed by atoms with Crippen molar-refractivity contribution >= 4 is 23.4 Å². The standard InChI is InChI=1S/C25H37N3O3/c1-4-17(2)23(29)27-22(19-12-6-5-7-13-19)25(31)28-16-10-15-21(28)24(30)26-20-14-9-8-11-18(20)3/h8-9,11,14,17,19,21-22H,4-7,10,12-13,15-16H2,1-3H3,(H,26,30)(H,27,29)/t17-,21+,22+/m1/s1. The lowest BCUT2D eigenvalue weighted by Crippen LogP contribution is -2.56. The molecule has 0 spiro atoms. The lowest BCUT2D eigenvalue weighted by atomic mass is 9.83. The molecule has 3 rings (SSSR count). The van der Waals surface area contributed by atoms with E-state index in [4.69, 9.17) is 0 Å². The molecule has 2 N–H and O–H groups in total. The molecule has 0 aromatic heterocycles. The van der Waals surface area contributed by atoms with Crippen LogP contribution in [0.5, 0.6) is 0 Å². The van der Waals surface area contributed by atoms with Gasteiger partial charge in [-0.2, -0.15) is 0 Å². The largest absolute Gasteiger partial charge is 0.344 e. The number of amides is 3. The van der Waals surface area contributed by atoms with Gasteiger partial charge >= 0.3 is 0 Å². The molecule has 3 amide bonds. The highest BCUT2D eigenvalue weighted by Crippen LogP contribution is 2.30. The third-order valence-corrected chi connectivity index (χ3v) is 6.99. The molecule has 1 aliphatic heterocycles. The van der Waals surface area contributed by atoms with Crippen molar-refractivity contribution in [1.82, 2.24) is 10.2 Å². The van der Waals surface area contributed by atoms with Gasteiger partial charge in [-0.3, -0.25) is 14.4 Å². The fourth-order valence-corrected chi connectivity index (χ4v) is 4.74. The number of hydrogen-bond donors (Lipinski definition) is 2. The summed E-state index contributed by atoms with van der Waals surface area (Å²) in [5.41, 5.74) is 1.77. The molecule has 31 heavy (non-hydrogen) atoms. The number of carbonyl (C=O) groups is 3. The Balaban J connectivity index is 1.75. The van der Waals surface area contributed by atoms with Gasteiger partial charge in [-0.1, -0.05) is 51.3 Å². The topological polar surface area (TPSA) is 78.5 Å². The first kappa shape index (κ1) is 23.3. The Kier molecular flexibility index (Phi) is 8.10. The molecule has 2 fully saturated rings. The SMILES string of the molecule is CC[C@@H](C)C(=O)N[C@H](C(=O)N1CCC[C@H]1C(=O)Nc1ccccc1C)C1CCCCC1. The second-order valence-corrected chi connectivity index (χ2v) is 9.19. The monoisotopic (exact) mass is 427 g/mol. The van der Waals surface area contributed by atoms with E-state index < -0.39 is 12.1 Å². The first-order valence-electron chi connectivity index (χ1n) is 11.9.